The van der Waals surface area contributed by atoms with Gasteiger partial charge in [-0.1, -0.05) is 89.2 Å². The zero-order valence-electron chi connectivity index (χ0n) is 49.7. The Morgan fingerprint density at radius 3 is 1.55 bits per heavy atom. The third kappa shape index (κ3) is 14.2. The van der Waals surface area contributed by atoms with Crippen molar-refractivity contribution < 1.29 is 36.5 Å². The first-order valence-electron chi connectivity index (χ1n) is 29.0. The minimum Gasteiger partial charge on any atom is -0.445 e. The third-order valence-electron chi connectivity index (χ3n) is 15.5. The van der Waals surface area contributed by atoms with Crippen LogP contribution in [-0.4, -0.2) is 127 Å². The first-order chi connectivity index (χ1) is 43.3. The van der Waals surface area contributed by atoms with Gasteiger partial charge in [0.15, 0.2) is 0 Å². The molecule has 0 spiro atoms. The van der Waals surface area contributed by atoms with Crippen LogP contribution in [0, 0.1) is 27.7 Å². The highest BCUT2D eigenvalue weighted by Crippen LogP contribution is 2.36. The molecule has 8 aromatic heterocycles. The van der Waals surface area contributed by atoms with Crippen LogP contribution in [0.5, 0.6) is 0 Å². The van der Waals surface area contributed by atoms with Crippen LogP contribution < -0.4 is 10.6 Å². The van der Waals surface area contributed by atoms with E-state index in [1.54, 1.807) is 23.6 Å². The van der Waals surface area contributed by atoms with Crippen molar-refractivity contribution in [1.82, 2.24) is 69.5 Å². The van der Waals surface area contributed by atoms with Crippen LogP contribution in [0.25, 0.3) is 73.3 Å². The van der Waals surface area contributed by atoms with E-state index in [0.29, 0.717) is 65.5 Å². The van der Waals surface area contributed by atoms with Gasteiger partial charge >= 0.3 is 23.8 Å². The number of aromatic amines is 1. The number of fused-ring (bicyclic) bond motifs is 2. The van der Waals surface area contributed by atoms with Crippen molar-refractivity contribution in [3.63, 3.8) is 0 Å². The normalized spacial score (nSPS) is 16.4. The maximum Gasteiger partial charge on any atom is 0.410 e. The van der Waals surface area contributed by atoms with Gasteiger partial charge in [0.1, 0.15) is 35.9 Å². The van der Waals surface area contributed by atoms with Crippen molar-refractivity contribution in [3.8, 4) is 51.2 Å². The number of nitrogens with zero attached hydrogens (tertiary/aromatic N) is 13. The maximum absolute atomic E-state index is 13.0. The van der Waals surface area contributed by atoms with Crippen molar-refractivity contribution in [2.45, 2.75) is 105 Å². The number of aryl methyl sites for hydroxylation is 4. The lowest BCUT2D eigenvalue weighted by Gasteiger charge is -2.37. The molecule has 0 radical (unpaired) electrons. The number of benzene rings is 3. The van der Waals surface area contributed by atoms with Crippen LogP contribution in [0.1, 0.15) is 73.6 Å². The lowest BCUT2D eigenvalue weighted by Crippen LogP contribution is -2.50. The summed E-state index contributed by atoms with van der Waals surface area (Å²) in [6.07, 6.45) is 10.4. The number of anilines is 2. The first-order valence-corrected chi connectivity index (χ1v) is 29.7. The summed E-state index contributed by atoms with van der Waals surface area (Å²) in [5.41, 5.74) is 10.9. The van der Waals surface area contributed by atoms with Crippen molar-refractivity contribution >= 4 is 57.7 Å². The predicted octanol–water partition coefficient (Wildman–Crippen LogP) is 11.4. The number of amides is 2. The van der Waals surface area contributed by atoms with Gasteiger partial charge < -0.3 is 48.5 Å². The second kappa shape index (κ2) is 27.4. The summed E-state index contributed by atoms with van der Waals surface area (Å²) in [6.45, 7) is 13.1. The number of ether oxygens (including phenoxy) is 2. The molecule has 3 N–H and O–H groups in total. The van der Waals surface area contributed by atoms with Crippen molar-refractivity contribution in [2.24, 2.45) is 0 Å². The van der Waals surface area contributed by atoms with Gasteiger partial charge in [-0.2, -0.15) is 18.4 Å². The number of piperidine rings is 2. The van der Waals surface area contributed by atoms with Crippen LogP contribution in [0.2, 0.25) is 0 Å². The van der Waals surface area contributed by atoms with E-state index in [1.807, 2.05) is 148 Å². The zero-order chi connectivity index (χ0) is 62.0. The molecule has 2 aliphatic rings. The van der Waals surface area contributed by atoms with Gasteiger partial charge in [0.25, 0.3) is 0 Å². The first kappa shape index (κ1) is 60.1. The number of pyridine rings is 2. The number of hydrogen-bond donors (Lipinski definition) is 3. The van der Waals surface area contributed by atoms with E-state index < -0.39 is 11.6 Å². The number of H-pyrrole nitrogens is 1. The van der Waals surface area contributed by atoms with E-state index in [0.717, 1.165) is 92.6 Å². The highest BCUT2D eigenvalue weighted by Gasteiger charge is 2.33. The van der Waals surface area contributed by atoms with Gasteiger partial charge in [-0.15, -0.1) is 0 Å². The molecule has 4 atom stereocenters. The summed E-state index contributed by atoms with van der Waals surface area (Å²) in [6, 6.07) is 37.4. The van der Waals surface area contributed by atoms with E-state index >= 15 is 0 Å². The molecule has 454 valence electrons. The van der Waals surface area contributed by atoms with Gasteiger partial charge in [0, 0.05) is 103 Å². The van der Waals surface area contributed by atoms with Crippen molar-refractivity contribution in [3.05, 3.63) is 174 Å². The molecule has 11 aromatic rings. The molecule has 0 aliphatic carbocycles. The van der Waals surface area contributed by atoms with Gasteiger partial charge in [-0.05, 0) is 112 Å². The molecule has 25 heteroatoms. The molecule has 0 unspecified atom stereocenters. The molecule has 2 saturated heterocycles. The van der Waals surface area contributed by atoms with Crippen LogP contribution in [-0.2, 0) is 34.3 Å². The summed E-state index contributed by atoms with van der Waals surface area (Å²) in [7, 11) is 0. The van der Waals surface area contributed by atoms with Gasteiger partial charge in [0.05, 0.1) is 11.4 Å². The molecular formula is C64H64N16O8S. The molecule has 0 saturated carbocycles. The molecule has 13 rings (SSSR count). The largest absolute Gasteiger partial charge is 0.445 e. The Kier molecular flexibility index (Phi) is 18.5. The molecule has 2 amide bonds. The number of carbonyl (C=O) groups is 2. The lowest BCUT2D eigenvalue weighted by atomic mass is 10.00. The standard InChI is InChI=1S/C35H34N8O3.C29H30N8O3.O2S/c1-22-18-36-34(38-26-15-14-23(2)42(19-26)35(44)45-21-25-10-6-4-7-11-25)40-31(22)29-20-43(27-12-8-5-9-13-27)33-28(29)16-17-30(39-33)32-37-24(3)46-41-32;1-17-13-31-28(33-21-10-9-18(2)37(15-21)29(38)39-16-20-7-5-4-6-8-20)35-25(17)23-14-30-26-22(23)11-12-24(34-26)27-32-19(3)40-36-27;1-3-2/h4-13,16-18,20,23,26H,14-15,19,21H2,1-3H3,(H,36,38,40);4-8,11-14,18,21H,9-10,15-16H2,1-3H3,(H,30,34)(H,31,33,35);/t23-,26-;18-,21-;/m11./s1. The minimum atomic E-state index is -0.750. The van der Waals surface area contributed by atoms with Crippen molar-refractivity contribution in [2.75, 3.05) is 23.7 Å². The second-order valence-electron chi connectivity index (χ2n) is 21.8. The summed E-state index contributed by atoms with van der Waals surface area (Å²) in [4.78, 5) is 70.0. The number of rotatable bonds is 13. The van der Waals surface area contributed by atoms with E-state index in [9.17, 15) is 9.59 Å². The Morgan fingerprint density at radius 1 is 0.584 bits per heavy atom. The number of nitrogens with one attached hydrogen (secondary N) is 3. The number of carbonyl (C=O) groups excluding carboxylic acids is 2. The highest BCUT2D eigenvalue weighted by atomic mass is 32.1. The maximum atomic E-state index is 13.0. The molecule has 0 bridgehead atoms. The van der Waals surface area contributed by atoms with Gasteiger partial charge in [0.2, 0.25) is 35.3 Å². The van der Waals surface area contributed by atoms with E-state index in [2.05, 4.69) is 75.5 Å². The predicted molar refractivity (Wildman–Crippen MR) is 333 cm³/mol. The van der Waals surface area contributed by atoms with Crippen LogP contribution in [0.15, 0.2) is 149 Å². The molecular weight excluding hydrogens is 1150 g/mol. The van der Waals surface area contributed by atoms with Crippen LogP contribution in [0.4, 0.5) is 21.5 Å². The molecule has 24 nitrogen and oxygen atoms in total. The Balaban J connectivity index is 0.000000177. The highest BCUT2D eigenvalue weighted by molar-refractivity contribution is 7.51. The lowest BCUT2D eigenvalue weighted by molar-refractivity contribution is 0.0689. The summed E-state index contributed by atoms with van der Waals surface area (Å²) in [5, 5.41) is 16.8. The number of hydrogen-bond acceptors (Lipinski definition) is 20. The smallest absolute Gasteiger partial charge is 0.410 e. The Labute approximate surface area is 515 Å². The number of aromatic nitrogens is 12. The van der Waals surface area contributed by atoms with Gasteiger partial charge in [-0.25, -0.2) is 39.5 Å². The van der Waals surface area contributed by atoms with Gasteiger partial charge in [-0.3, -0.25) is 0 Å². The molecule has 2 aliphatic heterocycles. The van der Waals surface area contributed by atoms with Crippen LogP contribution >= 0.6 is 0 Å². The third-order valence-corrected chi connectivity index (χ3v) is 15.5. The Bertz CT molecular complexity index is 4290. The average Bonchev–Trinajstić information content (AvgIpc) is 1.76. The fourth-order valence-electron chi connectivity index (χ4n) is 10.8. The fourth-order valence-corrected chi connectivity index (χ4v) is 10.8. The molecule has 3 aromatic carbocycles. The monoisotopic (exact) mass is 1220 g/mol. The average molecular weight is 1220 g/mol. The van der Waals surface area contributed by atoms with Crippen LogP contribution in [0.3, 0.4) is 0 Å². The van der Waals surface area contributed by atoms with E-state index in [1.165, 1.54) is 0 Å². The summed E-state index contributed by atoms with van der Waals surface area (Å²) >= 11 is -0.750. The minimum absolute atomic E-state index is 0.00152. The second-order valence-corrected chi connectivity index (χ2v) is 22.0. The van der Waals surface area contributed by atoms with E-state index in [-0.39, 0.29) is 49.6 Å². The Hall–Kier alpha value is -10.6. The zero-order valence-corrected chi connectivity index (χ0v) is 50.5. The fraction of sp³-hybridized carbons (Fsp3) is 0.281. The van der Waals surface area contributed by atoms with Crippen molar-refractivity contribution in [1.29, 1.82) is 0 Å². The SMILES string of the molecule is Cc1nc(-c2ccc3c(-c4nc(N[C@@H]5CC[C@@H](C)N(C(=O)OCc6ccccc6)C5)ncc4C)c[nH]c3n2)no1.Cc1nc(-c2ccc3c(-c4nc(N[C@@H]5CC[C@@H](C)N(C(=O)OCc6ccccc6)C5)ncc4C)cn(-c4ccccc4)c3n2)no1.O=S=O. The Morgan fingerprint density at radius 2 is 1.06 bits per heavy atom. The quantitative estimate of drug-likeness (QED) is 0.0966. The molecule has 2 fully saturated rings. The molecule has 89 heavy (non-hydrogen) atoms. The summed E-state index contributed by atoms with van der Waals surface area (Å²) in [5.74, 6) is 2.86. The summed E-state index contributed by atoms with van der Waals surface area (Å²) < 4.78 is 40.2. The topological polar surface area (TPSA) is 293 Å². The van der Waals surface area contributed by atoms with E-state index in [4.69, 9.17) is 41.9 Å². The number of para-hydroxylation sites is 1. The molecule has 10 heterocycles. The number of likely N-dealkylation sites (tertiary alicyclic amines) is 2.